The average Bonchev–Trinajstić information content (AvgIpc) is 2.65. The van der Waals surface area contributed by atoms with Gasteiger partial charge in [0.2, 0.25) is 0 Å². The van der Waals surface area contributed by atoms with Gasteiger partial charge >= 0.3 is 0 Å². The molecule has 5 heteroatoms. The van der Waals surface area contributed by atoms with Crippen molar-refractivity contribution in [1.29, 1.82) is 0 Å². The Morgan fingerprint density at radius 2 is 2.35 bits per heavy atom. The van der Waals surface area contributed by atoms with Crippen LogP contribution in [-0.4, -0.2) is 44.4 Å². The van der Waals surface area contributed by atoms with E-state index in [1.807, 2.05) is 18.2 Å². The van der Waals surface area contributed by atoms with E-state index in [0.29, 0.717) is 17.3 Å². The Morgan fingerprint density at radius 3 is 3.00 bits per heavy atom. The van der Waals surface area contributed by atoms with Gasteiger partial charge < -0.3 is 15.2 Å². The number of methoxy groups -OCH3 is 1. The summed E-state index contributed by atoms with van der Waals surface area (Å²) in [7, 11) is 1.62. The molecule has 1 aliphatic heterocycles. The van der Waals surface area contributed by atoms with Crippen LogP contribution in [0.1, 0.15) is 24.9 Å². The summed E-state index contributed by atoms with van der Waals surface area (Å²) in [5.74, 6) is 0.693. The SMILES string of the molecule is COc1ccc(C(CN)N2CCCOC(C)C2)cc1Cl. The molecule has 0 bridgehead atoms. The van der Waals surface area contributed by atoms with Crippen LogP contribution >= 0.6 is 11.6 Å². The Kier molecular flexibility index (Phi) is 5.66. The minimum absolute atomic E-state index is 0.169. The number of benzene rings is 1. The van der Waals surface area contributed by atoms with E-state index in [-0.39, 0.29) is 12.1 Å². The van der Waals surface area contributed by atoms with Crippen LogP contribution in [0.5, 0.6) is 5.75 Å². The van der Waals surface area contributed by atoms with Crippen molar-refractivity contribution < 1.29 is 9.47 Å². The molecule has 1 aromatic rings. The van der Waals surface area contributed by atoms with Gasteiger partial charge in [0.05, 0.1) is 18.2 Å². The van der Waals surface area contributed by atoms with Gasteiger partial charge in [-0.1, -0.05) is 17.7 Å². The van der Waals surface area contributed by atoms with E-state index >= 15 is 0 Å². The van der Waals surface area contributed by atoms with Crippen LogP contribution < -0.4 is 10.5 Å². The largest absolute Gasteiger partial charge is 0.495 e. The zero-order chi connectivity index (χ0) is 14.5. The summed E-state index contributed by atoms with van der Waals surface area (Å²) in [5, 5.41) is 0.627. The fraction of sp³-hybridized carbons (Fsp3) is 0.600. The highest BCUT2D eigenvalue weighted by atomic mass is 35.5. The monoisotopic (exact) mass is 298 g/mol. The van der Waals surface area contributed by atoms with Crippen LogP contribution in [-0.2, 0) is 4.74 Å². The highest BCUT2D eigenvalue weighted by Gasteiger charge is 2.23. The molecule has 2 rings (SSSR count). The van der Waals surface area contributed by atoms with Gasteiger partial charge in [-0.15, -0.1) is 0 Å². The predicted molar refractivity (Wildman–Crippen MR) is 81.4 cm³/mol. The first-order valence-corrected chi connectivity index (χ1v) is 7.42. The van der Waals surface area contributed by atoms with Gasteiger partial charge in [0.1, 0.15) is 5.75 Å². The zero-order valence-electron chi connectivity index (χ0n) is 12.1. The van der Waals surface area contributed by atoms with Crippen LogP contribution in [0.2, 0.25) is 5.02 Å². The van der Waals surface area contributed by atoms with Gasteiger partial charge in [-0.25, -0.2) is 0 Å². The molecule has 0 radical (unpaired) electrons. The van der Waals surface area contributed by atoms with Gasteiger partial charge in [-0.05, 0) is 31.0 Å². The normalized spacial score (nSPS) is 22.3. The molecule has 2 unspecified atom stereocenters. The molecule has 112 valence electrons. The Balaban J connectivity index is 2.20. The third-order valence-corrected chi connectivity index (χ3v) is 4.00. The van der Waals surface area contributed by atoms with E-state index in [4.69, 9.17) is 26.8 Å². The number of rotatable bonds is 4. The first-order chi connectivity index (χ1) is 9.65. The van der Waals surface area contributed by atoms with Gasteiger partial charge in [-0.3, -0.25) is 4.90 Å². The highest BCUT2D eigenvalue weighted by molar-refractivity contribution is 6.32. The maximum Gasteiger partial charge on any atom is 0.137 e. The molecule has 1 fully saturated rings. The quantitative estimate of drug-likeness (QED) is 0.927. The fourth-order valence-corrected chi connectivity index (χ4v) is 2.96. The van der Waals surface area contributed by atoms with Crippen molar-refractivity contribution in [2.24, 2.45) is 5.73 Å². The number of halogens is 1. The van der Waals surface area contributed by atoms with Crippen molar-refractivity contribution in [2.75, 3.05) is 33.4 Å². The lowest BCUT2D eigenvalue weighted by molar-refractivity contribution is 0.0612. The minimum Gasteiger partial charge on any atom is -0.495 e. The first-order valence-electron chi connectivity index (χ1n) is 7.05. The zero-order valence-corrected chi connectivity index (χ0v) is 12.9. The molecule has 2 N–H and O–H groups in total. The summed E-state index contributed by atoms with van der Waals surface area (Å²) in [6, 6.07) is 6.06. The van der Waals surface area contributed by atoms with Crippen LogP contribution in [0, 0.1) is 0 Å². The van der Waals surface area contributed by atoms with Crippen LogP contribution in [0.15, 0.2) is 18.2 Å². The maximum absolute atomic E-state index is 6.22. The molecule has 0 saturated carbocycles. The van der Waals surface area contributed by atoms with Crippen molar-refractivity contribution in [2.45, 2.75) is 25.5 Å². The number of hydrogen-bond acceptors (Lipinski definition) is 4. The number of nitrogens with zero attached hydrogens (tertiary/aromatic N) is 1. The van der Waals surface area contributed by atoms with Crippen molar-refractivity contribution in [1.82, 2.24) is 4.90 Å². The second-order valence-corrected chi connectivity index (χ2v) is 5.58. The minimum atomic E-state index is 0.169. The van der Waals surface area contributed by atoms with E-state index in [1.165, 1.54) is 0 Å². The molecule has 1 heterocycles. The average molecular weight is 299 g/mol. The molecule has 20 heavy (non-hydrogen) atoms. The van der Waals surface area contributed by atoms with Crippen LogP contribution in [0.3, 0.4) is 0 Å². The standard InChI is InChI=1S/C15H23ClN2O2/c1-11-10-18(6-3-7-20-11)14(9-17)12-4-5-15(19-2)13(16)8-12/h4-5,8,11,14H,3,6-7,9-10,17H2,1-2H3. The summed E-state index contributed by atoms with van der Waals surface area (Å²) in [5.41, 5.74) is 7.13. The van der Waals surface area contributed by atoms with Crippen molar-refractivity contribution >= 4 is 11.6 Å². The summed E-state index contributed by atoms with van der Waals surface area (Å²) in [4.78, 5) is 2.38. The summed E-state index contributed by atoms with van der Waals surface area (Å²) < 4.78 is 10.9. The summed E-state index contributed by atoms with van der Waals surface area (Å²) >= 11 is 6.22. The maximum atomic E-state index is 6.22. The molecule has 1 saturated heterocycles. The molecule has 0 spiro atoms. The third-order valence-electron chi connectivity index (χ3n) is 3.71. The summed E-state index contributed by atoms with van der Waals surface area (Å²) in [6.45, 7) is 5.38. The fourth-order valence-electron chi connectivity index (χ4n) is 2.70. The lowest BCUT2D eigenvalue weighted by atomic mass is 10.0. The first kappa shape index (κ1) is 15.6. The lowest BCUT2D eigenvalue weighted by Crippen LogP contribution is -2.37. The molecule has 4 nitrogen and oxygen atoms in total. The lowest BCUT2D eigenvalue weighted by Gasteiger charge is -2.31. The van der Waals surface area contributed by atoms with Crippen molar-refractivity contribution in [3.8, 4) is 5.75 Å². The summed E-state index contributed by atoms with van der Waals surface area (Å²) in [6.07, 6.45) is 1.27. The van der Waals surface area contributed by atoms with Gasteiger partial charge in [0.25, 0.3) is 0 Å². The molecule has 0 amide bonds. The third kappa shape index (κ3) is 3.64. The second-order valence-electron chi connectivity index (χ2n) is 5.18. The van der Waals surface area contributed by atoms with Crippen molar-refractivity contribution in [3.63, 3.8) is 0 Å². The van der Waals surface area contributed by atoms with E-state index in [0.717, 1.165) is 31.7 Å². The Labute approximate surface area is 125 Å². The van der Waals surface area contributed by atoms with E-state index in [9.17, 15) is 0 Å². The van der Waals surface area contributed by atoms with E-state index < -0.39 is 0 Å². The van der Waals surface area contributed by atoms with Crippen LogP contribution in [0.25, 0.3) is 0 Å². The Hall–Kier alpha value is -0.810. The number of hydrogen-bond donors (Lipinski definition) is 1. The predicted octanol–water partition coefficient (Wildman–Crippen LogP) is 2.46. The van der Waals surface area contributed by atoms with E-state index in [1.54, 1.807) is 7.11 Å². The highest BCUT2D eigenvalue weighted by Crippen LogP contribution is 2.30. The molecular formula is C15H23ClN2O2. The molecule has 1 aromatic carbocycles. The number of ether oxygens (including phenoxy) is 2. The molecule has 2 atom stereocenters. The molecular weight excluding hydrogens is 276 g/mol. The molecule has 0 aliphatic carbocycles. The topological polar surface area (TPSA) is 47.7 Å². The second kappa shape index (κ2) is 7.27. The van der Waals surface area contributed by atoms with Gasteiger partial charge in [0.15, 0.2) is 0 Å². The van der Waals surface area contributed by atoms with Crippen LogP contribution in [0.4, 0.5) is 0 Å². The van der Waals surface area contributed by atoms with E-state index in [2.05, 4.69) is 11.8 Å². The van der Waals surface area contributed by atoms with Gasteiger partial charge in [0, 0.05) is 32.3 Å². The molecule has 1 aliphatic rings. The Bertz CT molecular complexity index is 442. The van der Waals surface area contributed by atoms with Crippen molar-refractivity contribution in [3.05, 3.63) is 28.8 Å². The number of nitrogens with two attached hydrogens (primary N) is 1. The van der Waals surface area contributed by atoms with Gasteiger partial charge in [-0.2, -0.15) is 0 Å². The Morgan fingerprint density at radius 1 is 1.55 bits per heavy atom. The smallest absolute Gasteiger partial charge is 0.137 e. The molecule has 0 aromatic heterocycles.